The second kappa shape index (κ2) is 5.04. The van der Waals surface area contributed by atoms with Gasteiger partial charge in [-0.25, -0.2) is 0 Å². The van der Waals surface area contributed by atoms with E-state index >= 15 is 0 Å². The number of rotatable bonds is 3. The first kappa shape index (κ1) is 12.4. The lowest BCUT2D eigenvalue weighted by Crippen LogP contribution is -2.02. The molecule has 0 saturated carbocycles. The molecule has 0 saturated heterocycles. The molecule has 0 aliphatic rings. The van der Waals surface area contributed by atoms with Crippen molar-refractivity contribution in [3.8, 4) is 16.9 Å². The quantitative estimate of drug-likeness (QED) is 0.900. The average Bonchev–Trinajstić information content (AvgIpc) is 2.39. The highest BCUT2D eigenvalue weighted by Crippen LogP contribution is 2.33. The highest BCUT2D eigenvalue weighted by Gasteiger charge is 2.12. The van der Waals surface area contributed by atoms with E-state index in [0.717, 1.165) is 22.6 Å². The van der Waals surface area contributed by atoms with Crippen LogP contribution in [0.25, 0.3) is 11.1 Å². The van der Waals surface area contributed by atoms with E-state index in [-0.39, 0.29) is 0 Å². The van der Waals surface area contributed by atoms with Crippen LogP contribution in [0, 0.1) is 0 Å². The Kier molecular flexibility index (Phi) is 3.46. The van der Waals surface area contributed by atoms with E-state index < -0.39 is 0 Å². The Morgan fingerprint density at radius 3 is 2.50 bits per heavy atom. The van der Waals surface area contributed by atoms with E-state index in [2.05, 4.69) is 24.0 Å². The molecule has 4 nitrogen and oxygen atoms in total. The van der Waals surface area contributed by atoms with Gasteiger partial charge in [0.25, 0.3) is 0 Å². The SMILES string of the molecule is COc1ccccc1-c1cc(C(C)C)nnc1N. The number of hydrogen-bond donors (Lipinski definition) is 1. The fourth-order valence-electron chi connectivity index (χ4n) is 1.78. The molecule has 0 unspecified atom stereocenters. The van der Waals surface area contributed by atoms with Gasteiger partial charge in [0, 0.05) is 11.1 Å². The van der Waals surface area contributed by atoms with Crippen LogP contribution in [0.2, 0.25) is 0 Å². The van der Waals surface area contributed by atoms with E-state index in [1.54, 1.807) is 7.11 Å². The normalized spacial score (nSPS) is 10.7. The van der Waals surface area contributed by atoms with Crippen LogP contribution in [0.3, 0.4) is 0 Å². The summed E-state index contributed by atoms with van der Waals surface area (Å²) in [7, 11) is 1.65. The van der Waals surface area contributed by atoms with Gasteiger partial charge >= 0.3 is 0 Å². The molecule has 0 fully saturated rings. The maximum absolute atomic E-state index is 5.92. The van der Waals surface area contributed by atoms with Gasteiger partial charge in [-0.05, 0) is 18.1 Å². The van der Waals surface area contributed by atoms with Crippen molar-refractivity contribution in [2.24, 2.45) is 0 Å². The summed E-state index contributed by atoms with van der Waals surface area (Å²) < 4.78 is 5.35. The molecule has 0 atom stereocenters. The zero-order valence-corrected chi connectivity index (χ0v) is 10.8. The first-order valence-electron chi connectivity index (χ1n) is 5.90. The molecule has 2 rings (SSSR count). The smallest absolute Gasteiger partial charge is 0.154 e. The van der Waals surface area contributed by atoms with Gasteiger partial charge in [-0.3, -0.25) is 0 Å². The number of anilines is 1. The molecule has 0 amide bonds. The minimum absolute atomic E-state index is 0.312. The Labute approximate surface area is 107 Å². The van der Waals surface area contributed by atoms with Crippen molar-refractivity contribution in [3.05, 3.63) is 36.0 Å². The van der Waals surface area contributed by atoms with Crippen LogP contribution >= 0.6 is 0 Å². The Morgan fingerprint density at radius 1 is 1.11 bits per heavy atom. The third-order valence-electron chi connectivity index (χ3n) is 2.83. The summed E-state index contributed by atoms with van der Waals surface area (Å²) in [5.41, 5.74) is 8.64. The van der Waals surface area contributed by atoms with E-state index in [4.69, 9.17) is 10.5 Å². The summed E-state index contributed by atoms with van der Waals surface area (Å²) in [4.78, 5) is 0. The number of benzene rings is 1. The van der Waals surface area contributed by atoms with Crippen LogP contribution in [0.5, 0.6) is 5.75 Å². The maximum Gasteiger partial charge on any atom is 0.154 e. The number of para-hydroxylation sites is 1. The Hall–Kier alpha value is -2.10. The molecular weight excluding hydrogens is 226 g/mol. The van der Waals surface area contributed by atoms with Crippen molar-refractivity contribution in [1.82, 2.24) is 10.2 Å². The monoisotopic (exact) mass is 243 g/mol. The van der Waals surface area contributed by atoms with Crippen LogP contribution in [-0.4, -0.2) is 17.3 Å². The number of ether oxygens (including phenoxy) is 1. The second-order valence-corrected chi connectivity index (χ2v) is 4.42. The fourth-order valence-corrected chi connectivity index (χ4v) is 1.78. The first-order chi connectivity index (χ1) is 8.63. The molecule has 1 aromatic carbocycles. The van der Waals surface area contributed by atoms with Crippen molar-refractivity contribution in [1.29, 1.82) is 0 Å². The Balaban J connectivity index is 2.59. The summed E-state index contributed by atoms with van der Waals surface area (Å²) in [6.45, 7) is 4.15. The van der Waals surface area contributed by atoms with Gasteiger partial charge < -0.3 is 10.5 Å². The largest absolute Gasteiger partial charge is 0.496 e. The van der Waals surface area contributed by atoms with Crippen molar-refractivity contribution in [2.45, 2.75) is 19.8 Å². The van der Waals surface area contributed by atoms with Crippen LogP contribution in [0.15, 0.2) is 30.3 Å². The van der Waals surface area contributed by atoms with Gasteiger partial charge in [-0.1, -0.05) is 32.0 Å². The Morgan fingerprint density at radius 2 is 1.83 bits per heavy atom. The van der Waals surface area contributed by atoms with E-state index in [9.17, 15) is 0 Å². The minimum Gasteiger partial charge on any atom is -0.496 e. The van der Waals surface area contributed by atoms with Gasteiger partial charge in [-0.2, -0.15) is 5.10 Å². The molecule has 2 aromatic rings. The van der Waals surface area contributed by atoms with E-state index in [1.807, 2.05) is 30.3 Å². The molecule has 4 heteroatoms. The molecule has 18 heavy (non-hydrogen) atoms. The minimum atomic E-state index is 0.312. The average molecular weight is 243 g/mol. The summed E-state index contributed by atoms with van der Waals surface area (Å²) in [6.07, 6.45) is 0. The number of nitrogen functional groups attached to an aromatic ring is 1. The van der Waals surface area contributed by atoms with E-state index in [0.29, 0.717) is 11.7 Å². The second-order valence-electron chi connectivity index (χ2n) is 4.42. The number of nitrogens with two attached hydrogens (primary N) is 1. The zero-order valence-electron chi connectivity index (χ0n) is 10.8. The number of nitrogens with zero attached hydrogens (tertiary/aromatic N) is 2. The Bertz CT molecular complexity index is 552. The molecule has 0 aliphatic carbocycles. The molecule has 1 heterocycles. The molecule has 2 N–H and O–H groups in total. The van der Waals surface area contributed by atoms with Crippen LogP contribution in [-0.2, 0) is 0 Å². The standard InChI is InChI=1S/C14H17N3O/c1-9(2)12-8-11(14(15)17-16-12)10-6-4-5-7-13(10)18-3/h4-9H,1-3H3,(H2,15,17). The summed E-state index contributed by atoms with van der Waals surface area (Å²) >= 11 is 0. The molecule has 0 radical (unpaired) electrons. The van der Waals surface area contributed by atoms with Crippen molar-refractivity contribution in [2.75, 3.05) is 12.8 Å². The first-order valence-corrected chi connectivity index (χ1v) is 5.90. The highest BCUT2D eigenvalue weighted by atomic mass is 16.5. The van der Waals surface area contributed by atoms with Crippen molar-refractivity contribution in [3.63, 3.8) is 0 Å². The molecular formula is C14H17N3O. The number of aromatic nitrogens is 2. The highest BCUT2D eigenvalue weighted by molar-refractivity contribution is 5.78. The van der Waals surface area contributed by atoms with Crippen molar-refractivity contribution < 1.29 is 4.74 Å². The van der Waals surface area contributed by atoms with Crippen LogP contribution in [0.1, 0.15) is 25.5 Å². The van der Waals surface area contributed by atoms with Gasteiger partial charge in [-0.15, -0.1) is 5.10 Å². The van der Waals surface area contributed by atoms with Gasteiger partial charge in [0.05, 0.1) is 12.8 Å². The fraction of sp³-hybridized carbons (Fsp3) is 0.286. The lowest BCUT2D eigenvalue weighted by Gasteiger charge is -2.12. The van der Waals surface area contributed by atoms with Crippen LogP contribution in [0.4, 0.5) is 5.82 Å². The molecule has 0 aliphatic heterocycles. The third-order valence-corrected chi connectivity index (χ3v) is 2.83. The maximum atomic E-state index is 5.92. The predicted molar refractivity (Wildman–Crippen MR) is 72.5 cm³/mol. The molecule has 0 bridgehead atoms. The predicted octanol–water partition coefficient (Wildman–Crippen LogP) is 2.86. The summed E-state index contributed by atoms with van der Waals surface area (Å²) in [6, 6.07) is 9.73. The van der Waals surface area contributed by atoms with Crippen LogP contribution < -0.4 is 10.5 Å². The summed E-state index contributed by atoms with van der Waals surface area (Å²) in [5.74, 6) is 1.52. The molecule has 0 spiro atoms. The number of methoxy groups -OCH3 is 1. The van der Waals surface area contributed by atoms with E-state index in [1.165, 1.54) is 0 Å². The topological polar surface area (TPSA) is 61.0 Å². The third kappa shape index (κ3) is 2.27. The van der Waals surface area contributed by atoms with Gasteiger partial charge in [0.1, 0.15) is 5.75 Å². The van der Waals surface area contributed by atoms with Crippen molar-refractivity contribution >= 4 is 5.82 Å². The van der Waals surface area contributed by atoms with Gasteiger partial charge in [0.2, 0.25) is 0 Å². The lowest BCUT2D eigenvalue weighted by atomic mass is 10.0. The van der Waals surface area contributed by atoms with Gasteiger partial charge in [0.15, 0.2) is 5.82 Å². The zero-order chi connectivity index (χ0) is 13.1. The lowest BCUT2D eigenvalue weighted by molar-refractivity contribution is 0.416. The molecule has 1 aromatic heterocycles. The number of hydrogen-bond acceptors (Lipinski definition) is 4. The molecule has 94 valence electrons. The summed E-state index contributed by atoms with van der Waals surface area (Å²) in [5, 5.41) is 8.13.